The van der Waals surface area contributed by atoms with Crippen LogP contribution in [0.4, 0.5) is 0 Å². The molecule has 186 valence electrons. The van der Waals surface area contributed by atoms with Crippen LogP contribution in [-0.2, 0) is 28.5 Å². The highest BCUT2D eigenvalue weighted by Gasteiger charge is 2.54. The first-order chi connectivity index (χ1) is 15.5. The fourth-order valence-electron chi connectivity index (χ4n) is 4.13. The normalized spacial score (nSPS) is 23.4. The van der Waals surface area contributed by atoms with E-state index in [1.807, 2.05) is 26.0 Å². The zero-order valence-electron chi connectivity index (χ0n) is 21.1. The summed E-state index contributed by atoms with van der Waals surface area (Å²) < 4.78 is 22.7. The average molecular weight is 463 g/mol. The summed E-state index contributed by atoms with van der Waals surface area (Å²) in [5.41, 5.74) is -1.38. The zero-order chi connectivity index (χ0) is 24.6. The number of allylic oxidation sites excluding steroid dienone is 5. The molecule has 2 aliphatic heterocycles. The molecule has 0 unspecified atom stereocenters. The third kappa shape index (κ3) is 7.54. The minimum absolute atomic E-state index is 0.0276. The fourth-order valence-corrected chi connectivity index (χ4v) is 4.13. The number of unbranched alkanes of at least 4 members (excludes halogenated alkanes) is 2. The molecule has 6 nitrogen and oxygen atoms in total. The number of ether oxygens (including phenoxy) is 4. The fraction of sp³-hybridized carbons (Fsp3) is 0.704. The first kappa shape index (κ1) is 27.3. The van der Waals surface area contributed by atoms with Crippen molar-refractivity contribution < 1.29 is 28.5 Å². The Morgan fingerprint density at radius 2 is 1.39 bits per heavy atom. The molecule has 0 N–H and O–H groups in total. The van der Waals surface area contributed by atoms with Crippen molar-refractivity contribution in [3.63, 3.8) is 0 Å². The average Bonchev–Trinajstić information content (AvgIpc) is 2.73. The van der Waals surface area contributed by atoms with Gasteiger partial charge in [-0.1, -0.05) is 43.7 Å². The molecule has 2 aliphatic rings. The van der Waals surface area contributed by atoms with E-state index in [0.29, 0.717) is 13.2 Å². The first-order valence-corrected chi connectivity index (χ1v) is 12.2. The molecular formula is C27H42O6. The van der Waals surface area contributed by atoms with Crippen LogP contribution in [-0.4, -0.2) is 36.7 Å². The number of carbonyl (C=O) groups is 2. The van der Waals surface area contributed by atoms with Gasteiger partial charge in [-0.2, -0.15) is 0 Å². The zero-order valence-corrected chi connectivity index (χ0v) is 21.1. The van der Waals surface area contributed by atoms with Gasteiger partial charge in [0.25, 0.3) is 5.79 Å². The third-order valence-electron chi connectivity index (χ3n) is 6.29. The van der Waals surface area contributed by atoms with Crippen LogP contribution in [0.25, 0.3) is 0 Å². The van der Waals surface area contributed by atoms with Gasteiger partial charge in [0.05, 0.1) is 13.2 Å². The van der Waals surface area contributed by atoms with Crippen molar-refractivity contribution in [2.45, 2.75) is 97.6 Å². The molecule has 0 aliphatic carbocycles. The molecule has 2 saturated heterocycles. The molecule has 33 heavy (non-hydrogen) atoms. The summed E-state index contributed by atoms with van der Waals surface area (Å²) in [7, 11) is 0. The van der Waals surface area contributed by atoms with Crippen molar-refractivity contribution in [1.29, 1.82) is 0 Å². The van der Waals surface area contributed by atoms with E-state index < -0.39 is 28.9 Å². The predicted molar refractivity (Wildman–Crippen MR) is 128 cm³/mol. The maximum absolute atomic E-state index is 12.7. The maximum atomic E-state index is 12.7. The molecule has 0 saturated carbocycles. The minimum atomic E-state index is -1.35. The van der Waals surface area contributed by atoms with Crippen molar-refractivity contribution in [2.75, 3.05) is 13.2 Å². The van der Waals surface area contributed by atoms with Crippen molar-refractivity contribution >= 4 is 11.9 Å². The summed E-state index contributed by atoms with van der Waals surface area (Å²) in [6.07, 6.45) is 16.3. The lowest BCUT2D eigenvalue weighted by Gasteiger charge is -2.43. The minimum Gasteiger partial charge on any atom is -0.422 e. The quantitative estimate of drug-likeness (QED) is 0.153. The van der Waals surface area contributed by atoms with E-state index >= 15 is 0 Å². The second kappa shape index (κ2) is 11.5. The van der Waals surface area contributed by atoms with E-state index in [1.165, 1.54) is 0 Å². The second-order valence-electron chi connectivity index (χ2n) is 10.3. The Hall–Kier alpha value is -1.92. The monoisotopic (exact) mass is 462 g/mol. The summed E-state index contributed by atoms with van der Waals surface area (Å²) >= 11 is 0. The highest BCUT2D eigenvalue weighted by atomic mass is 16.7. The molecule has 0 spiro atoms. The Bertz CT molecular complexity index is 716. The lowest BCUT2D eigenvalue weighted by Crippen LogP contribution is -2.53. The van der Waals surface area contributed by atoms with E-state index in [0.717, 1.165) is 38.5 Å². The summed E-state index contributed by atoms with van der Waals surface area (Å²) in [4.78, 5) is 25.3. The molecule has 0 amide bonds. The molecule has 2 fully saturated rings. The number of cyclic esters (lactones) is 2. The van der Waals surface area contributed by atoms with Crippen molar-refractivity contribution in [2.24, 2.45) is 10.8 Å². The molecule has 2 rings (SSSR count). The Kier molecular flexibility index (Phi) is 9.50. The van der Waals surface area contributed by atoms with Crippen molar-refractivity contribution in [3.8, 4) is 0 Å². The molecule has 0 radical (unpaired) electrons. The molecule has 0 bridgehead atoms. The van der Waals surface area contributed by atoms with Gasteiger partial charge in [0.2, 0.25) is 0 Å². The second-order valence-corrected chi connectivity index (χ2v) is 10.3. The Morgan fingerprint density at radius 3 is 1.97 bits per heavy atom. The smallest absolute Gasteiger partial charge is 0.327 e. The first-order valence-electron chi connectivity index (χ1n) is 12.2. The van der Waals surface area contributed by atoms with E-state index in [9.17, 15) is 9.59 Å². The number of hydrogen-bond acceptors (Lipinski definition) is 6. The van der Waals surface area contributed by atoms with Crippen LogP contribution >= 0.6 is 0 Å². The molecule has 0 aromatic carbocycles. The van der Waals surface area contributed by atoms with E-state index in [2.05, 4.69) is 25.7 Å². The molecule has 0 atom stereocenters. The predicted octanol–water partition coefficient (Wildman–Crippen LogP) is 6.02. The van der Waals surface area contributed by atoms with E-state index in [-0.39, 0.29) is 18.3 Å². The number of rotatable bonds is 12. The summed E-state index contributed by atoms with van der Waals surface area (Å²) in [6.45, 7) is 14.3. The summed E-state index contributed by atoms with van der Waals surface area (Å²) in [6, 6.07) is 0. The van der Waals surface area contributed by atoms with E-state index in [4.69, 9.17) is 18.9 Å². The van der Waals surface area contributed by atoms with Crippen molar-refractivity contribution in [1.82, 2.24) is 0 Å². The van der Waals surface area contributed by atoms with Gasteiger partial charge in [-0.25, -0.2) is 0 Å². The summed E-state index contributed by atoms with van der Waals surface area (Å²) in [5, 5.41) is 0. The molecule has 6 heteroatoms. The molecule has 0 aromatic heterocycles. The lowest BCUT2D eigenvalue weighted by molar-refractivity contribution is -0.286. The van der Waals surface area contributed by atoms with Gasteiger partial charge >= 0.3 is 11.9 Å². The Balaban J connectivity index is 1.93. The number of esters is 2. The lowest BCUT2D eigenvalue weighted by atomic mass is 9.79. The van der Waals surface area contributed by atoms with Crippen LogP contribution in [0.2, 0.25) is 0 Å². The van der Waals surface area contributed by atoms with Crippen LogP contribution in [0.15, 0.2) is 37.0 Å². The van der Waals surface area contributed by atoms with E-state index in [1.54, 1.807) is 19.9 Å². The topological polar surface area (TPSA) is 71.1 Å². The standard InChI is InChI=1S/C27H42O6/c1-7-9-10-13-17-26(20-30-24(3,4)31-21-26)18-14-11-12-15-19-27(16-8-2)22(28)32-25(5,6)33-23(27)29/h8,10,12-13,15H,2,7,9,11,14,16-21H2,1,3-6H3/b13-10+,15-12-. The highest BCUT2D eigenvalue weighted by molar-refractivity contribution is 6.02. The van der Waals surface area contributed by atoms with Crippen LogP contribution in [0.1, 0.15) is 86.0 Å². The van der Waals surface area contributed by atoms with Crippen LogP contribution in [0.5, 0.6) is 0 Å². The largest absolute Gasteiger partial charge is 0.422 e. The Labute approximate surface area is 199 Å². The SMILES string of the molecule is C=CCC1(C/C=C\CCCC2(C/C=C/CCC)COC(C)(C)OC2)C(=O)OC(C)(C)OC1=O. The van der Waals surface area contributed by atoms with Crippen molar-refractivity contribution in [3.05, 3.63) is 37.0 Å². The van der Waals surface area contributed by atoms with Gasteiger partial charge in [-0.05, 0) is 58.8 Å². The third-order valence-corrected chi connectivity index (χ3v) is 6.29. The van der Waals surface area contributed by atoms with Gasteiger partial charge in [0, 0.05) is 19.3 Å². The molecular weight excluding hydrogens is 420 g/mol. The van der Waals surface area contributed by atoms with Gasteiger partial charge in [0.1, 0.15) is 0 Å². The van der Waals surface area contributed by atoms with Gasteiger partial charge in [0.15, 0.2) is 11.2 Å². The van der Waals surface area contributed by atoms with Gasteiger partial charge < -0.3 is 18.9 Å². The Morgan fingerprint density at radius 1 is 0.818 bits per heavy atom. The maximum Gasteiger partial charge on any atom is 0.327 e. The van der Waals surface area contributed by atoms with Crippen LogP contribution in [0.3, 0.4) is 0 Å². The van der Waals surface area contributed by atoms with Crippen LogP contribution in [0, 0.1) is 10.8 Å². The summed E-state index contributed by atoms with van der Waals surface area (Å²) in [5.74, 6) is -2.87. The van der Waals surface area contributed by atoms with Gasteiger partial charge in [-0.3, -0.25) is 9.59 Å². The highest BCUT2D eigenvalue weighted by Crippen LogP contribution is 2.40. The number of carbonyl (C=O) groups excluding carboxylic acids is 2. The molecule has 2 heterocycles. The van der Waals surface area contributed by atoms with Gasteiger partial charge in [-0.15, -0.1) is 6.58 Å². The molecule has 0 aromatic rings. The van der Waals surface area contributed by atoms with Crippen LogP contribution < -0.4 is 0 Å². The number of hydrogen-bond donors (Lipinski definition) is 0.